The Morgan fingerprint density at radius 2 is 1.72 bits per heavy atom. The number of amides is 1. The molecule has 0 aromatic heterocycles. The van der Waals surface area contributed by atoms with Crippen LogP contribution in [-0.4, -0.2) is 36.4 Å². The summed E-state index contributed by atoms with van der Waals surface area (Å²) in [7, 11) is -4.20. The fourth-order valence-corrected chi connectivity index (χ4v) is 4.20. The monoisotopic (exact) mass is 483 g/mol. The Kier molecular flexibility index (Phi) is 8.70. The lowest BCUT2D eigenvalue weighted by molar-refractivity contribution is -0.384. The molecule has 10 nitrogen and oxygen atoms in total. The molecule has 2 aromatic rings. The number of carboxylic acids is 1. The van der Waals surface area contributed by atoms with E-state index in [0.29, 0.717) is 17.9 Å². The van der Waals surface area contributed by atoms with E-state index in [1.165, 1.54) is 24.3 Å². The molecule has 0 fully saturated rings. The highest BCUT2D eigenvalue weighted by atomic mass is 35.5. The lowest BCUT2D eigenvalue weighted by Gasteiger charge is -2.21. The molecular weight excluding hydrogens is 462 g/mol. The minimum Gasteiger partial charge on any atom is -0.479 e. The number of nitrogens with one attached hydrogen (secondary N) is 2. The molecule has 0 spiro atoms. The molecule has 0 aliphatic rings. The SMILES string of the molecule is CCCC[C@H](NS(=O)(=O)c1ccc([N+](=O)[O-])cc1)C(=O)N[C@H](C(=O)O)c1ccc(Cl)cc1. The molecule has 0 heterocycles. The normalized spacial score (nSPS) is 13.2. The van der Waals surface area contributed by atoms with Crippen molar-refractivity contribution in [3.63, 3.8) is 0 Å². The fourth-order valence-electron chi connectivity index (χ4n) is 2.84. The molecule has 0 radical (unpaired) electrons. The number of carbonyl (C=O) groups is 2. The van der Waals surface area contributed by atoms with Crippen LogP contribution < -0.4 is 10.0 Å². The van der Waals surface area contributed by atoms with E-state index in [2.05, 4.69) is 10.0 Å². The lowest BCUT2D eigenvalue weighted by atomic mass is 10.1. The number of unbranched alkanes of at least 4 members (excludes halogenated alkanes) is 1. The second kappa shape index (κ2) is 11.0. The first-order valence-electron chi connectivity index (χ1n) is 9.60. The Morgan fingerprint density at radius 3 is 2.22 bits per heavy atom. The number of benzene rings is 2. The zero-order valence-electron chi connectivity index (χ0n) is 17.0. The molecule has 2 aromatic carbocycles. The zero-order chi connectivity index (χ0) is 23.9. The number of halogens is 1. The molecule has 0 saturated carbocycles. The highest BCUT2D eigenvalue weighted by Gasteiger charge is 2.30. The van der Waals surface area contributed by atoms with Crippen LogP contribution in [0.4, 0.5) is 5.69 Å². The third-order valence-electron chi connectivity index (χ3n) is 4.55. The number of nitro benzene ring substituents is 1. The number of carbonyl (C=O) groups excluding carboxylic acids is 1. The van der Waals surface area contributed by atoms with Gasteiger partial charge in [-0.1, -0.05) is 43.5 Å². The predicted molar refractivity (Wildman–Crippen MR) is 117 cm³/mol. The van der Waals surface area contributed by atoms with E-state index in [0.717, 1.165) is 24.3 Å². The Labute approximate surface area is 189 Å². The number of carboxylic acid groups (broad SMARTS) is 1. The first kappa shape index (κ1) is 25.2. The van der Waals surface area contributed by atoms with Crippen LogP contribution in [-0.2, 0) is 19.6 Å². The predicted octanol–water partition coefficient (Wildman–Crippen LogP) is 3.03. The molecule has 3 N–H and O–H groups in total. The summed E-state index contributed by atoms with van der Waals surface area (Å²) in [6.45, 7) is 1.85. The van der Waals surface area contributed by atoms with Gasteiger partial charge >= 0.3 is 5.97 Å². The van der Waals surface area contributed by atoms with Crippen molar-refractivity contribution < 1.29 is 28.0 Å². The molecular formula is C20H22ClN3O7S. The molecule has 1 amide bonds. The fraction of sp³-hybridized carbons (Fsp3) is 0.300. The van der Waals surface area contributed by atoms with Gasteiger partial charge in [-0.3, -0.25) is 14.9 Å². The number of nitrogens with zero attached hydrogens (tertiary/aromatic N) is 1. The van der Waals surface area contributed by atoms with Crippen LogP contribution in [0.5, 0.6) is 0 Å². The average molecular weight is 484 g/mol. The summed E-state index contributed by atoms with van der Waals surface area (Å²) in [5, 5.41) is 23.1. The van der Waals surface area contributed by atoms with Gasteiger partial charge in [0.15, 0.2) is 6.04 Å². The van der Waals surface area contributed by atoms with Gasteiger partial charge in [0.25, 0.3) is 5.69 Å². The second-order valence-corrected chi connectivity index (χ2v) is 9.05. The lowest BCUT2D eigenvalue weighted by Crippen LogP contribution is -2.48. The summed E-state index contributed by atoms with van der Waals surface area (Å²) in [6, 6.07) is 7.39. The number of aliphatic carboxylic acids is 1. The van der Waals surface area contributed by atoms with E-state index < -0.39 is 38.9 Å². The number of sulfonamides is 1. The van der Waals surface area contributed by atoms with Crippen LogP contribution in [0.2, 0.25) is 5.02 Å². The summed E-state index contributed by atoms with van der Waals surface area (Å²) >= 11 is 5.82. The molecule has 0 aliphatic carbocycles. The van der Waals surface area contributed by atoms with E-state index in [1.54, 1.807) is 0 Å². The van der Waals surface area contributed by atoms with Crippen LogP contribution in [0.25, 0.3) is 0 Å². The van der Waals surface area contributed by atoms with Gasteiger partial charge in [0.2, 0.25) is 15.9 Å². The Hall–Kier alpha value is -3.02. The van der Waals surface area contributed by atoms with Crippen LogP contribution in [0.15, 0.2) is 53.4 Å². The van der Waals surface area contributed by atoms with Crippen molar-refractivity contribution >= 4 is 39.2 Å². The van der Waals surface area contributed by atoms with Crippen LogP contribution in [0.1, 0.15) is 37.8 Å². The van der Waals surface area contributed by atoms with Crippen molar-refractivity contribution in [1.82, 2.24) is 10.0 Å². The van der Waals surface area contributed by atoms with E-state index in [9.17, 15) is 33.2 Å². The highest BCUT2D eigenvalue weighted by molar-refractivity contribution is 7.89. The molecule has 2 atom stereocenters. The maximum Gasteiger partial charge on any atom is 0.330 e. The van der Waals surface area contributed by atoms with Crippen LogP contribution in [0, 0.1) is 10.1 Å². The number of rotatable bonds is 11. The molecule has 172 valence electrons. The van der Waals surface area contributed by atoms with Gasteiger partial charge in [0.05, 0.1) is 9.82 Å². The summed E-state index contributed by atoms with van der Waals surface area (Å²) in [4.78, 5) is 34.4. The van der Waals surface area contributed by atoms with Crippen LogP contribution in [0.3, 0.4) is 0 Å². The van der Waals surface area contributed by atoms with Gasteiger partial charge in [-0.05, 0) is 36.2 Å². The van der Waals surface area contributed by atoms with Crippen molar-refractivity contribution in [3.8, 4) is 0 Å². The van der Waals surface area contributed by atoms with E-state index >= 15 is 0 Å². The first-order chi connectivity index (χ1) is 15.0. The maximum absolute atomic E-state index is 12.8. The number of non-ortho nitro benzene ring substituents is 1. The minimum atomic E-state index is -4.20. The summed E-state index contributed by atoms with van der Waals surface area (Å²) in [6.07, 6.45) is 1.30. The molecule has 0 bridgehead atoms. The quantitative estimate of drug-likeness (QED) is 0.327. The summed E-state index contributed by atoms with van der Waals surface area (Å²) < 4.78 is 27.7. The van der Waals surface area contributed by atoms with Crippen molar-refractivity contribution in [2.45, 2.75) is 43.2 Å². The number of nitro groups is 1. The highest BCUT2D eigenvalue weighted by Crippen LogP contribution is 2.19. The minimum absolute atomic E-state index is 0.126. The van der Waals surface area contributed by atoms with Crippen molar-refractivity contribution in [2.24, 2.45) is 0 Å². The maximum atomic E-state index is 12.8. The first-order valence-corrected chi connectivity index (χ1v) is 11.5. The van der Waals surface area contributed by atoms with Gasteiger partial charge in [-0.2, -0.15) is 4.72 Å². The Bertz CT molecular complexity index is 1070. The number of hydrogen-bond donors (Lipinski definition) is 3. The average Bonchev–Trinajstić information content (AvgIpc) is 2.75. The molecule has 12 heteroatoms. The van der Waals surface area contributed by atoms with Gasteiger partial charge in [0, 0.05) is 17.2 Å². The largest absolute Gasteiger partial charge is 0.479 e. The molecule has 32 heavy (non-hydrogen) atoms. The van der Waals surface area contributed by atoms with Gasteiger partial charge < -0.3 is 10.4 Å². The van der Waals surface area contributed by atoms with Crippen molar-refractivity contribution in [2.75, 3.05) is 0 Å². The Morgan fingerprint density at radius 1 is 1.12 bits per heavy atom. The van der Waals surface area contributed by atoms with Gasteiger partial charge in [-0.15, -0.1) is 0 Å². The standard InChI is InChI=1S/C20H22ClN3O7S/c1-2-3-4-17(23-32(30,31)16-11-9-15(10-12-16)24(28)29)19(25)22-18(20(26)27)13-5-7-14(21)8-6-13/h5-12,17-18,23H,2-4H2,1H3,(H,22,25)(H,26,27)/t17-,18-/m0/s1. The van der Waals surface area contributed by atoms with Crippen molar-refractivity contribution in [3.05, 3.63) is 69.2 Å². The zero-order valence-corrected chi connectivity index (χ0v) is 18.6. The summed E-state index contributed by atoms with van der Waals surface area (Å²) in [5.41, 5.74) is -0.0146. The third kappa shape index (κ3) is 6.74. The third-order valence-corrected chi connectivity index (χ3v) is 6.29. The van der Waals surface area contributed by atoms with E-state index in [4.69, 9.17) is 11.6 Å². The molecule has 0 aliphatic heterocycles. The van der Waals surface area contributed by atoms with E-state index in [1.807, 2.05) is 6.92 Å². The van der Waals surface area contributed by atoms with E-state index in [-0.39, 0.29) is 22.6 Å². The second-order valence-electron chi connectivity index (χ2n) is 6.90. The summed E-state index contributed by atoms with van der Waals surface area (Å²) in [5.74, 6) is -2.14. The van der Waals surface area contributed by atoms with Gasteiger partial charge in [0.1, 0.15) is 6.04 Å². The van der Waals surface area contributed by atoms with Crippen molar-refractivity contribution in [1.29, 1.82) is 0 Å². The molecule has 0 saturated heterocycles. The Balaban J connectivity index is 2.25. The number of hydrogen-bond acceptors (Lipinski definition) is 6. The molecule has 2 rings (SSSR count). The topological polar surface area (TPSA) is 156 Å². The smallest absolute Gasteiger partial charge is 0.330 e. The molecule has 0 unspecified atom stereocenters. The van der Waals surface area contributed by atoms with Gasteiger partial charge in [-0.25, -0.2) is 13.2 Å². The van der Waals surface area contributed by atoms with Crippen LogP contribution >= 0.6 is 11.6 Å².